The predicted octanol–water partition coefficient (Wildman–Crippen LogP) is 1.62. The van der Waals surface area contributed by atoms with Crippen molar-refractivity contribution < 1.29 is 17.9 Å². The van der Waals surface area contributed by atoms with Crippen LogP contribution in [0.15, 0.2) is 17.0 Å². The number of benzene rings is 1. The molecule has 0 amide bonds. The largest absolute Gasteiger partial charge is 0.466 e. The van der Waals surface area contributed by atoms with Gasteiger partial charge in [0.2, 0.25) is 10.0 Å². The molecular formula is C8H9Cl2NO4S. The first-order chi connectivity index (χ1) is 7.36. The quantitative estimate of drug-likeness (QED) is 0.853. The van der Waals surface area contributed by atoms with Crippen LogP contribution in [0.5, 0.6) is 5.75 Å². The highest BCUT2D eigenvalue weighted by Crippen LogP contribution is 2.33. The topological polar surface area (TPSA) is 78.6 Å². The molecule has 0 saturated heterocycles. The summed E-state index contributed by atoms with van der Waals surface area (Å²) >= 11 is 11.4. The van der Waals surface area contributed by atoms with Crippen molar-refractivity contribution in [2.24, 2.45) is 5.14 Å². The summed E-state index contributed by atoms with van der Waals surface area (Å²) in [6.45, 7) is -0.140. The highest BCUT2D eigenvalue weighted by Gasteiger charge is 2.20. The van der Waals surface area contributed by atoms with Gasteiger partial charge in [-0.1, -0.05) is 23.2 Å². The number of nitrogens with two attached hydrogens (primary N) is 1. The molecule has 1 aromatic rings. The molecule has 1 aromatic carbocycles. The predicted molar refractivity (Wildman–Crippen MR) is 60.3 cm³/mol. The molecule has 2 N–H and O–H groups in total. The van der Waals surface area contributed by atoms with Gasteiger partial charge in [-0.25, -0.2) is 13.6 Å². The number of halogens is 2. The van der Waals surface area contributed by atoms with Gasteiger partial charge in [-0.3, -0.25) is 0 Å². The van der Waals surface area contributed by atoms with E-state index in [-0.39, 0.29) is 27.5 Å². The summed E-state index contributed by atoms with van der Waals surface area (Å²) in [5.41, 5.74) is 0. The minimum absolute atomic E-state index is 0.0400. The summed E-state index contributed by atoms with van der Waals surface area (Å²) < 4.78 is 32.2. The van der Waals surface area contributed by atoms with Crippen molar-refractivity contribution in [1.29, 1.82) is 0 Å². The molecule has 0 saturated carbocycles. The van der Waals surface area contributed by atoms with Crippen LogP contribution in [-0.4, -0.2) is 22.3 Å². The van der Waals surface area contributed by atoms with E-state index < -0.39 is 10.0 Å². The Morgan fingerprint density at radius 3 is 2.50 bits per heavy atom. The van der Waals surface area contributed by atoms with E-state index in [1.807, 2.05) is 0 Å². The molecule has 90 valence electrons. The maximum atomic E-state index is 11.3. The van der Waals surface area contributed by atoms with Crippen LogP contribution in [0.3, 0.4) is 0 Å². The molecule has 0 aliphatic carbocycles. The molecule has 1 rings (SSSR count). The van der Waals surface area contributed by atoms with Crippen molar-refractivity contribution in [3.8, 4) is 5.75 Å². The lowest BCUT2D eigenvalue weighted by Crippen LogP contribution is -2.15. The Hall–Kier alpha value is -0.530. The summed E-state index contributed by atoms with van der Waals surface area (Å²) in [6, 6.07) is 2.56. The molecule has 0 bridgehead atoms. The van der Waals surface area contributed by atoms with Gasteiger partial charge in [0, 0.05) is 18.2 Å². The van der Waals surface area contributed by atoms with Crippen LogP contribution in [0.2, 0.25) is 10.0 Å². The Labute approximate surface area is 103 Å². The highest BCUT2D eigenvalue weighted by atomic mass is 35.5. The standard InChI is InChI=1S/C8H9Cl2NO4S/c1-14-4-15-7-3-5(9)2-6(10)8(7)16(11,12)13/h2-3H,4H2,1H3,(H2,11,12,13). The Morgan fingerprint density at radius 1 is 1.38 bits per heavy atom. The van der Waals surface area contributed by atoms with E-state index in [0.717, 1.165) is 0 Å². The van der Waals surface area contributed by atoms with E-state index in [9.17, 15) is 8.42 Å². The van der Waals surface area contributed by atoms with Gasteiger partial charge in [0.25, 0.3) is 0 Å². The fraction of sp³-hybridized carbons (Fsp3) is 0.250. The minimum atomic E-state index is -3.98. The van der Waals surface area contributed by atoms with E-state index in [1.165, 1.54) is 19.2 Å². The van der Waals surface area contributed by atoms with Crippen LogP contribution >= 0.6 is 23.2 Å². The molecule has 0 aromatic heterocycles. The molecular weight excluding hydrogens is 277 g/mol. The van der Waals surface area contributed by atoms with Gasteiger partial charge in [-0.05, 0) is 6.07 Å². The number of ether oxygens (including phenoxy) is 2. The smallest absolute Gasteiger partial charge is 0.243 e. The highest BCUT2D eigenvalue weighted by molar-refractivity contribution is 7.89. The van der Waals surface area contributed by atoms with E-state index >= 15 is 0 Å². The zero-order chi connectivity index (χ0) is 12.3. The summed E-state index contributed by atoms with van der Waals surface area (Å²) in [4.78, 5) is -0.310. The summed E-state index contributed by atoms with van der Waals surface area (Å²) in [5, 5.41) is 5.15. The molecule has 8 heteroatoms. The van der Waals surface area contributed by atoms with Crippen molar-refractivity contribution in [2.75, 3.05) is 13.9 Å². The average Bonchev–Trinajstić information content (AvgIpc) is 2.10. The van der Waals surface area contributed by atoms with Crippen molar-refractivity contribution in [2.45, 2.75) is 4.90 Å². The monoisotopic (exact) mass is 285 g/mol. The minimum Gasteiger partial charge on any atom is -0.466 e. The maximum absolute atomic E-state index is 11.3. The van der Waals surface area contributed by atoms with Gasteiger partial charge in [-0.15, -0.1) is 0 Å². The molecule has 0 fully saturated rings. The number of sulfonamides is 1. The third kappa shape index (κ3) is 3.23. The van der Waals surface area contributed by atoms with Gasteiger partial charge < -0.3 is 9.47 Å². The van der Waals surface area contributed by atoms with Gasteiger partial charge in [0.1, 0.15) is 10.6 Å². The van der Waals surface area contributed by atoms with Gasteiger partial charge >= 0.3 is 0 Å². The van der Waals surface area contributed by atoms with Gasteiger partial charge in [0.15, 0.2) is 6.79 Å². The summed E-state index contributed by atoms with van der Waals surface area (Å²) in [5.74, 6) is -0.0400. The molecule has 0 aliphatic heterocycles. The van der Waals surface area contributed by atoms with Crippen molar-refractivity contribution in [1.82, 2.24) is 0 Å². The first-order valence-electron chi connectivity index (χ1n) is 4.00. The van der Waals surface area contributed by atoms with Gasteiger partial charge in [0.05, 0.1) is 5.02 Å². The van der Waals surface area contributed by atoms with Crippen LogP contribution in [-0.2, 0) is 14.8 Å². The van der Waals surface area contributed by atoms with Gasteiger partial charge in [-0.2, -0.15) is 0 Å². The third-order valence-corrected chi connectivity index (χ3v) is 3.21. The molecule has 0 aliphatic rings. The number of primary sulfonamides is 1. The zero-order valence-corrected chi connectivity index (χ0v) is 10.6. The van der Waals surface area contributed by atoms with Crippen molar-refractivity contribution in [3.63, 3.8) is 0 Å². The van der Waals surface area contributed by atoms with Crippen molar-refractivity contribution >= 4 is 33.2 Å². The lowest BCUT2D eigenvalue weighted by atomic mass is 10.3. The Kier molecular flexibility index (Phi) is 4.40. The normalized spacial score (nSPS) is 11.5. The van der Waals surface area contributed by atoms with Crippen LogP contribution in [0.25, 0.3) is 0 Å². The van der Waals surface area contributed by atoms with E-state index in [0.29, 0.717) is 0 Å². The Morgan fingerprint density at radius 2 is 2.00 bits per heavy atom. The SMILES string of the molecule is COCOc1cc(Cl)cc(Cl)c1S(N)(=O)=O. The fourth-order valence-corrected chi connectivity index (χ4v) is 2.57. The van der Waals surface area contributed by atoms with Crippen molar-refractivity contribution in [3.05, 3.63) is 22.2 Å². The second-order valence-corrected chi connectivity index (χ2v) is 5.15. The van der Waals surface area contributed by atoms with Crippen LogP contribution in [0.4, 0.5) is 0 Å². The molecule has 16 heavy (non-hydrogen) atoms. The van der Waals surface area contributed by atoms with E-state index in [2.05, 4.69) is 4.74 Å². The number of hydrogen-bond donors (Lipinski definition) is 1. The summed E-state index contributed by atoms with van der Waals surface area (Å²) in [7, 11) is -2.59. The first-order valence-corrected chi connectivity index (χ1v) is 6.30. The third-order valence-electron chi connectivity index (χ3n) is 1.59. The molecule has 5 nitrogen and oxygen atoms in total. The van der Waals surface area contributed by atoms with Crippen LogP contribution in [0.1, 0.15) is 0 Å². The fourth-order valence-electron chi connectivity index (χ4n) is 1.04. The van der Waals surface area contributed by atoms with E-state index in [1.54, 1.807) is 0 Å². The second kappa shape index (κ2) is 5.20. The average molecular weight is 286 g/mol. The Balaban J connectivity index is 3.33. The maximum Gasteiger partial charge on any atom is 0.243 e. The van der Waals surface area contributed by atoms with E-state index in [4.69, 9.17) is 33.1 Å². The lowest BCUT2D eigenvalue weighted by Gasteiger charge is -2.11. The molecule has 0 atom stereocenters. The number of hydrogen-bond acceptors (Lipinski definition) is 4. The molecule has 0 radical (unpaired) electrons. The zero-order valence-electron chi connectivity index (χ0n) is 8.24. The second-order valence-electron chi connectivity index (χ2n) is 2.81. The first kappa shape index (κ1) is 13.5. The summed E-state index contributed by atoms with van der Waals surface area (Å²) in [6.07, 6.45) is 0. The van der Waals surface area contributed by atoms with Crippen LogP contribution in [0, 0.1) is 0 Å². The Bertz CT molecular complexity index is 489. The van der Waals surface area contributed by atoms with Crippen LogP contribution < -0.4 is 9.88 Å². The lowest BCUT2D eigenvalue weighted by molar-refractivity contribution is 0.0490. The number of methoxy groups -OCH3 is 1. The number of rotatable bonds is 4. The molecule has 0 heterocycles. The molecule has 0 unspecified atom stereocenters. The molecule has 0 spiro atoms.